The van der Waals surface area contributed by atoms with Crippen LogP contribution in [0.2, 0.25) is 0 Å². The number of hydrogen-bond donors (Lipinski definition) is 2. The fourth-order valence-electron chi connectivity index (χ4n) is 1.29. The summed E-state index contributed by atoms with van der Waals surface area (Å²) in [5.41, 5.74) is 7.27. The Morgan fingerprint density at radius 2 is 2.08 bits per heavy atom. The number of nitrogen functional groups attached to an aromatic ring is 1. The van der Waals surface area contributed by atoms with E-state index in [4.69, 9.17) is 5.73 Å². The highest BCUT2D eigenvalue weighted by molar-refractivity contribution is 5.73. The van der Waals surface area contributed by atoms with Crippen LogP contribution in [0.25, 0.3) is 11.1 Å². The van der Waals surface area contributed by atoms with E-state index in [0.717, 1.165) is 11.1 Å². The van der Waals surface area contributed by atoms with Crippen molar-refractivity contribution in [3.05, 3.63) is 42.3 Å². The summed E-state index contributed by atoms with van der Waals surface area (Å²) in [4.78, 5) is 2.84. The number of H-pyrrole nitrogens is 1. The molecule has 0 fully saturated rings. The summed E-state index contributed by atoms with van der Waals surface area (Å²) >= 11 is 0. The van der Waals surface area contributed by atoms with Gasteiger partial charge in [0.1, 0.15) is 11.6 Å². The lowest BCUT2D eigenvalue weighted by molar-refractivity contribution is 0.628. The maximum Gasteiger partial charge on any atom is 0.123 e. The van der Waals surface area contributed by atoms with E-state index in [-0.39, 0.29) is 5.82 Å². The second kappa shape index (κ2) is 2.94. The summed E-state index contributed by atoms with van der Waals surface area (Å²) < 4.78 is 12.8. The highest BCUT2D eigenvalue weighted by Crippen LogP contribution is 2.24. The van der Waals surface area contributed by atoms with Gasteiger partial charge in [-0.1, -0.05) is 12.1 Å². The number of halogens is 1. The Balaban J connectivity index is 2.53. The zero-order valence-corrected chi connectivity index (χ0v) is 6.92. The molecular weight excluding hydrogens is 167 g/mol. The fourth-order valence-corrected chi connectivity index (χ4v) is 1.29. The van der Waals surface area contributed by atoms with Gasteiger partial charge in [-0.2, -0.15) is 0 Å². The Morgan fingerprint density at radius 3 is 2.69 bits per heavy atom. The minimum absolute atomic E-state index is 0.252. The van der Waals surface area contributed by atoms with Crippen molar-refractivity contribution in [2.75, 3.05) is 5.73 Å². The zero-order valence-electron chi connectivity index (χ0n) is 6.92. The second-order valence-corrected chi connectivity index (χ2v) is 2.82. The van der Waals surface area contributed by atoms with Crippen molar-refractivity contribution in [2.24, 2.45) is 0 Å². The highest BCUT2D eigenvalue weighted by atomic mass is 19.1. The molecule has 0 saturated carbocycles. The predicted molar refractivity (Wildman–Crippen MR) is 50.6 cm³/mol. The third-order valence-corrected chi connectivity index (χ3v) is 1.91. The SMILES string of the molecule is Nc1[nH]ccc1-c1cccc(F)c1. The van der Waals surface area contributed by atoms with E-state index >= 15 is 0 Å². The van der Waals surface area contributed by atoms with Crippen LogP contribution in [-0.4, -0.2) is 4.98 Å². The van der Waals surface area contributed by atoms with Crippen LogP contribution < -0.4 is 5.73 Å². The normalized spacial score (nSPS) is 10.2. The van der Waals surface area contributed by atoms with E-state index in [1.54, 1.807) is 12.3 Å². The van der Waals surface area contributed by atoms with Crippen LogP contribution in [0.5, 0.6) is 0 Å². The third kappa shape index (κ3) is 1.40. The highest BCUT2D eigenvalue weighted by Gasteiger charge is 2.03. The van der Waals surface area contributed by atoms with Crippen LogP contribution in [0.1, 0.15) is 0 Å². The molecule has 1 aromatic heterocycles. The number of benzene rings is 1. The minimum atomic E-state index is -0.252. The van der Waals surface area contributed by atoms with Crippen LogP contribution in [0, 0.1) is 5.82 Å². The van der Waals surface area contributed by atoms with Crippen molar-refractivity contribution in [3.8, 4) is 11.1 Å². The molecule has 0 spiro atoms. The summed E-state index contributed by atoms with van der Waals surface area (Å²) in [6.45, 7) is 0. The molecule has 3 N–H and O–H groups in total. The number of anilines is 1. The quantitative estimate of drug-likeness (QED) is 0.688. The van der Waals surface area contributed by atoms with Crippen molar-refractivity contribution >= 4 is 5.82 Å². The summed E-state index contributed by atoms with van der Waals surface area (Å²) in [6.07, 6.45) is 1.73. The van der Waals surface area contributed by atoms with Gasteiger partial charge in [0.15, 0.2) is 0 Å². The molecule has 0 aliphatic rings. The molecule has 0 unspecified atom stereocenters. The molecule has 2 aromatic rings. The van der Waals surface area contributed by atoms with E-state index in [9.17, 15) is 4.39 Å². The molecule has 0 atom stereocenters. The molecular formula is C10H9FN2. The van der Waals surface area contributed by atoms with Crippen LogP contribution in [0.15, 0.2) is 36.5 Å². The first-order chi connectivity index (χ1) is 6.27. The molecule has 1 aromatic carbocycles. The lowest BCUT2D eigenvalue weighted by Crippen LogP contribution is -1.87. The third-order valence-electron chi connectivity index (χ3n) is 1.91. The fraction of sp³-hybridized carbons (Fsp3) is 0. The average molecular weight is 176 g/mol. The zero-order chi connectivity index (χ0) is 9.26. The molecule has 0 radical (unpaired) electrons. The van der Waals surface area contributed by atoms with Crippen LogP contribution in [0.4, 0.5) is 10.2 Å². The molecule has 2 nitrogen and oxygen atoms in total. The second-order valence-electron chi connectivity index (χ2n) is 2.82. The van der Waals surface area contributed by atoms with Gasteiger partial charge in [-0.3, -0.25) is 0 Å². The Labute approximate surface area is 75.2 Å². The Hall–Kier alpha value is -1.77. The average Bonchev–Trinajstić information content (AvgIpc) is 2.51. The largest absolute Gasteiger partial charge is 0.385 e. The lowest BCUT2D eigenvalue weighted by Gasteiger charge is -1.99. The predicted octanol–water partition coefficient (Wildman–Crippen LogP) is 2.40. The minimum Gasteiger partial charge on any atom is -0.385 e. The van der Waals surface area contributed by atoms with Gasteiger partial charge in [-0.25, -0.2) is 4.39 Å². The van der Waals surface area contributed by atoms with Gasteiger partial charge in [0, 0.05) is 11.8 Å². The number of aromatic amines is 1. The van der Waals surface area contributed by atoms with E-state index < -0.39 is 0 Å². The molecule has 0 bridgehead atoms. The molecule has 2 rings (SSSR count). The van der Waals surface area contributed by atoms with E-state index in [0.29, 0.717) is 5.82 Å². The number of hydrogen-bond acceptors (Lipinski definition) is 1. The van der Waals surface area contributed by atoms with Gasteiger partial charge in [-0.15, -0.1) is 0 Å². The van der Waals surface area contributed by atoms with Gasteiger partial charge in [-0.05, 0) is 23.8 Å². The van der Waals surface area contributed by atoms with Crippen molar-refractivity contribution in [3.63, 3.8) is 0 Å². The van der Waals surface area contributed by atoms with Gasteiger partial charge in [0.2, 0.25) is 0 Å². The van der Waals surface area contributed by atoms with E-state index in [2.05, 4.69) is 4.98 Å². The van der Waals surface area contributed by atoms with Gasteiger partial charge >= 0.3 is 0 Å². The van der Waals surface area contributed by atoms with Crippen molar-refractivity contribution in [1.29, 1.82) is 0 Å². The molecule has 0 amide bonds. The first-order valence-corrected chi connectivity index (χ1v) is 3.96. The molecule has 66 valence electrons. The maximum atomic E-state index is 12.8. The molecule has 13 heavy (non-hydrogen) atoms. The topological polar surface area (TPSA) is 41.8 Å². The number of rotatable bonds is 1. The van der Waals surface area contributed by atoms with Crippen molar-refractivity contribution in [1.82, 2.24) is 4.98 Å². The van der Waals surface area contributed by atoms with Crippen molar-refractivity contribution < 1.29 is 4.39 Å². The molecule has 1 heterocycles. The summed E-state index contributed by atoms with van der Waals surface area (Å²) in [6, 6.07) is 8.18. The molecule has 0 aliphatic carbocycles. The lowest BCUT2D eigenvalue weighted by atomic mass is 10.1. The number of nitrogens with two attached hydrogens (primary N) is 1. The number of aromatic nitrogens is 1. The molecule has 3 heteroatoms. The van der Waals surface area contributed by atoms with Crippen LogP contribution >= 0.6 is 0 Å². The summed E-state index contributed by atoms with van der Waals surface area (Å²) in [7, 11) is 0. The first kappa shape index (κ1) is 7.86. The van der Waals surface area contributed by atoms with Crippen molar-refractivity contribution in [2.45, 2.75) is 0 Å². The number of nitrogens with one attached hydrogen (secondary N) is 1. The van der Waals surface area contributed by atoms with E-state index in [1.165, 1.54) is 12.1 Å². The van der Waals surface area contributed by atoms with E-state index in [1.807, 2.05) is 12.1 Å². The smallest absolute Gasteiger partial charge is 0.123 e. The maximum absolute atomic E-state index is 12.8. The van der Waals surface area contributed by atoms with Crippen LogP contribution in [0.3, 0.4) is 0 Å². The Morgan fingerprint density at radius 1 is 1.23 bits per heavy atom. The molecule has 0 saturated heterocycles. The summed E-state index contributed by atoms with van der Waals surface area (Å²) in [5.74, 6) is 0.309. The Kier molecular flexibility index (Phi) is 1.77. The Bertz CT molecular complexity index is 420. The standard InChI is InChI=1S/C10H9FN2/c11-8-3-1-2-7(6-8)9-4-5-13-10(9)12/h1-6,13H,12H2. The summed E-state index contributed by atoms with van der Waals surface area (Å²) in [5, 5.41) is 0. The van der Waals surface area contributed by atoms with Gasteiger partial charge in [0.25, 0.3) is 0 Å². The van der Waals surface area contributed by atoms with Gasteiger partial charge in [0.05, 0.1) is 0 Å². The molecule has 0 aliphatic heterocycles. The first-order valence-electron chi connectivity index (χ1n) is 3.96. The van der Waals surface area contributed by atoms with Gasteiger partial charge < -0.3 is 10.7 Å². The monoisotopic (exact) mass is 176 g/mol. The van der Waals surface area contributed by atoms with Crippen LogP contribution in [-0.2, 0) is 0 Å².